The van der Waals surface area contributed by atoms with E-state index in [1.165, 1.54) is 14.2 Å². The lowest BCUT2D eigenvalue weighted by Crippen LogP contribution is -2.50. The van der Waals surface area contributed by atoms with Gasteiger partial charge in [-0.25, -0.2) is 0 Å². The van der Waals surface area contributed by atoms with Crippen LogP contribution in [0.5, 0.6) is 17.2 Å². The quantitative estimate of drug-likeness (QED) is 0.298. The van der Waals surface area contributed by atoms with Gasteiger partial charge in [-0.15, -0.1) is 0 Å². The van der Waals surface area contributed by atoms with Gasteiger partial charge in [-0.3, -0.25) is 9.59 Å². The van der Waals surface area contributed by atoms with E-state index in [1.54, 1.807) is 36.4 Å². The molecule has 0 fully saturated rings. The number of nitrogens with two attached hydrogens (primary N) is 1. The number of anilines is 1. The number of rotatable bonds is 13. The van der Waals surface area contributed by atoms with Crippen LogP contribution in [0.25, 0.3) is 0 Å². The highest BCUT2D eigenvalue weighted by atomic mass is 16.5. The van der Waals surface area contributed by atoms with Gasteiger partial charge in [-0.1, -0.05) is 30.3 Å². The molecule has 192 valence electrons. The van der Waals surface area contributed by atoms with E-state index in [2.05, 4.69) is 11.4 Å². The third-order valence-corrected chi connectivity index (χ3v) is 5.84. The smallest absolute Gasteiger partial charge is 0.303 e. The third-order valence-electron chi connectivity index (χ3n) is 5.84. The number of methoxy groups -OCH3 is 2. The molecule has 9 nitrogen and oxygen atoms in total. The maximum absolute atomic E-state index is 13.4. The minimum Gasteiger partial charge on any atom is -0.493 e. The Labute approximate surface area is 215 Å². The second-order valence-electron chi connectivity index (χ2n) is 8.30. The Balaban J connectivity index is 2.20. The summed E-state index contributed by atoms with van der Waals surface area (Å²) in [6.07, 6.45) is 0.343. The van der Waals surface area contributed by atoms with Crippen molar-refractivity contribution in [2.24, 2.45) is 5.73 Å². The zero-order valence-electron chi connectivity index (χ0n) is 20.7. The van der Waals surface area contributed by atoms with E-state index in [0.717, 1.165) is 5.56 Å². The number of nitrogens with one attached hydrogen (secondary N) is 1. The number of hydrogen-bond donors (Lipinski definition) is 3. The summed E-state index contributed by atoms with van der Waals surface area (Å²) in [5.74, 6) is -0.594. The predicted octanol–water partition coefficient (Wildman–Crippen LogP) is 3.85. The van der Waals surface area contributed by atoms with Gasteiger partial charge >= 0.3 is 5.97 Å². The molecule has 9 heteroatoms. The number of carbonyl (C=O) groups excluding carboxylic acids is 1. The largest absolute Gasteiger partial charge is 0.493 e. The first kappa shape index (κ1) is 26.9. The van der Waals surface area contributed by atoms with Crippen molar-refractivity contribution in [2.45, 2.75) is 24.8 Å². The first-order valence-electron chi connectivity index (χ1n) is 11.6. The molecule has 1 amide bonds. The van der Waals surface area contributed by atoms with E-state index in [4.69, 9.17) is 25.1 Å². The molecule has 0 spiro atoms. The van der Waals surface area contributed by atoms with Gasteiger partial charge in [0.15, 0.2) is 11.5 Å². The second kappa shape index (κ2) is 12.3. The van der Waals surface area contributed by atoms with E-state index in [1.807, 2.05) is 30.3 Å². The molecule has 1 atom stereocenters. The molecule has 1 unspecified atom stereocenters. The van der Waals surface area contributed by atoms with Crippen molar-refractivity contribution < 1.29 is 28.9 Å². The number of carboxylic acid groups (broad SMARTS) is 1. The summed E-state index contributed by atoms with van der Waals surface area (Å²) >= 11 is 0. The highest BCUT2D eigenvalue weighted by Gasteiger charge is 2.42. The number of amides is 1. The summed E-state index contributed by atoms with van der Waals surface area (Å²) in [5.41, 5.74) is 6.84. The number of aliphatic carboxylic acids is 1. The molecule has 0 radical (unpaired) electrons. The standard InChI is InChI=1S/C28H29N3O6/c1-35-24-15-22(23(16-25(24)36-2)37-14-6-9-26(32)33)28(27(30)34,17-19-7-4-3-5-8-19)31-21-12-10-20(18-29)11-13-21/h3-5,7-8,10-13,15-16,31H,6,9,14,17H2,1-2H3,(H2,30,34)(H,32,33). The molecule has 4 N–H and O–H groups in total. The van der Waals surface area contributed by atoms with Crippen molar-refractivity contribution in [3.63, 3.8) is 0 Å². The molecule has 37 heavy (non-hydrogen) atoms. The van der Waals surface area contributed by atoms with E-state index in [9.17, 15) is 14.9 Å². The van der Waals surface area contributed by atoms with Crippen LogP contribution in [-0.2, 0) is 21.5 Å². The maximum Gasteiger partial charge on any atom is 0.303 e. The normalized spacial score (nSPS) is 12.0. The number of benzene rings is 3. The van der Waals surface area contributed by atoms with Gasteiger partial charge in [0, 0.05) is 30.2 Å². The molecular weight excluding hydrogens is 474 g/mol. The first-order chi connectivity index (χ1) is 17.8. The molecule has 0 heterocycles. The van der Waals surface area contributed by atoms with Crippen LogP contribution in [0, 0.1) is 11.3 Å². The summed E-state index contributed by atoms with van der Waals surface area (Å²) in [4.78, 5) is 24.4. The molecule has 0 saturated carbocycles. The minimum absolute atomic E-state index is 0.0723. The van der Waals surface area contributed by atoms with Crippen LogP contribution >= 0.6 is 0 Å². The zero-order chi connectivity index (χ0) is 26.8. The highest BCUT2D eigenvalue weighted by molar-refractivity contribution is 5.91. The fourth-order valence-corrected chi connectivity index (χ4v) is 3.98. The lowest BCUT2D eigenvalue weighted by atomic mass is 9.81. The van der Waals surface area contributed by atoms with E-state index in [0.29, 0.717) is 34.1 Å². The van der Waals surface area contributed by atoms with Crippen molar-refractivity contribution in [2.75, 3.05) is 26.1 Å². The number of hydrogen-bond acceptors (Lipinski definition) is 7. The average Bonchev–Trinajstić information content (AvgIpc) is 2.91. The summed E-state index contributed by atoms with van der Waals surface area (Å²) in [5, 5.41) is 21.5. The van der Waals surface area contributed by atoms with Crippen LogP contribution in [0.15, 0.2) is 66.7 Å². The average molecular weight is 504 g/mol. The van der Waals surface area contributed by atoms with E-state index < -0.39 is 17.4 Å². The zero-order valence-corrected chi connectivity index (χ0v) is 20.7. The fourth-order valence-electron chi connectivity index (χ4n) is 3.98. The molecule has 0 saturated heterocycles. The molecule has 0 aliphatic heterocycles. The topological polar surface area (TPSA) is 144 Å². The molecule has 0 aliphatic rings. The monoisotopic (exact) mass is 503 g/mol. The van der Waals surface area contributed by atoms with Crippen LogP contribution in [0.2, 0.25) is 0 Å². The minimum atomic E-state index is -1.52. The van der Waals surface area contributed by atoms with Gasteiger partial charge in [0.25, 0.3) is 0 Å². The van der Waals surface area contributed by atoms with Crippen molar-refractivity contribution >= 4 is 17.6 Å². The Bertz CT molecular complexity index is 1270. The second-order valence-corrected chi connectivity index (χ2v) is 8.30. The van der Waals surface area contributed by atoms with Crippen molar-refractivity contribution in [1.82, 2.24) is 0 Å². The van der Waals surface area contributed by atoms with Crippen molar-refractivity contribution in [3.05, 3.63) is 83.4 Å². The highest BCUT2D eigenvalue weighted by Crippen LogP contribution is 2.43. The first-order valence-corrected chi connectivity index (χ1v) is 11.6. The molecule has 3 aromatic rings. The van der Waals surface area contributed by atoms with Gasteiger partial charge in [0.2, 0.25) is 5.91 Å². The Kier molecular flexibility index (Phi) is 8.95. The van der Waals surface area contributed by atoms with Crippen molar-refractivity contribution in [1.29, 1.82) is 5.26 Å². The number of nitriles is 1. The van der Waals surface area contributed by atoms with Gasteiger partial charge in [0.05, 0.1) is 32.5 Å². The lowest BCUT2D eigenvalue weighted by Gasteiger charge is -2.35. The van der Waals surface area contributed by atoms with Gasteiger partial charge in [-0.2, -0.15) is 5.26 Å². The molecule has 3 rings (SSSR count). The molecule has 0 aliphatic carbocycles. The van der Waals surface area contributed by atoms with Crippen LogP contribution in [0.3, 0.4) is 0 Å². The summed E-state index contributed by atoms with van der Waals surface area (Å²) in [7, 11) is 2.96. The van der Waals surface area contributed by atoms with Crippen LogP contribution in [0.1, 0.15) is 29.5 Å². The molecule has 3 aromatic carbocycles. The molecular formula is C28H29N3O6. The van der Waals surface area contributed by atoms with E-state index in [-0.39, 0.29) is 25.9 Å². The van der Waals surface area contributed by atoms with Gasteiger partial charge < -0.3 is 30.4 Å². The number of nitrogens with zero attached hydrogens (tertiary/aromatic N) is 1. The van der Waals surface area contributed by atoms with Crippen molar-refractivity contribution in [3.8, 4) is 23.3 Å². The summed E-state index contributed by atoms with van der Waals surface area (Å²) in [6.45, 7) is 0.0891. The molecule has 0 aromatic heterocycles. The molecule has 0 bridgehead atoms. The lowest BCUT2D eigenvalue weighted by molar-refractivity contribution is -0.137. The number of ether oxygens (including phenoxy) is 3. The van der Waals surface area contributed by atoms with Gasteiger partial charge in [-0.05, 0) is 42.3 Å². The van der Waals surface area contributed by atoms with Gasteiger partial charge in [0.1, 0.15) is 11.3 Å². The predicted molar refractivity (Wildman–Crippen MR) is 138 cm³/mol. The Morgan fingerprint density at radius 2 is 1.65 bits per heavy atom. The number of carboxylic acids is 1. The SMILES string of the molecule is COc1cc(OCCCC(=O)O)c(C(Cc2ccccc2)(Nc2ccc(C#N)cc2)C(N)=O)cc1OC. The Hall–Kier alpha value is -4.71. The van der Waals surface area contributed by atoms with Crippen LogP contribution in [0.4, 0.5) is 5.69 Å². The Morgan fingerprint density at radius 1 is 1.00 bits per heavy atom. The fraction of sp³-hybridized carbons (Fsp3) is 0.250. The Morgan fingerprint density at radius 3 is 2.22 bits per heavy atom. The summed E-state index contributed by atoms with van der Waals surface area (Å²) < 4.78 is 17.0. The summed E-state index contributed by atoms with van der Waals surface area (Å²) in [6, 6.07) is 21.3. The number of carbonyl (C=O) groups is 2. The van der Waals surface area contributed by atoms with E-state index >= 15 is 0 Å². The van der Waals surface area contributed by atoms with Crippen LogP contribution in [-0.4, -0.2) is 37.8 Å². The van der Waals surface area contributed by atoms with Crippen LogP contribution < -0.4 is 25.3 Å². The maximum atomic E-state index is 13.4. The third kappa shape index (κ3) is 6.49. The number of primary amides is 1.